The van der Waals surface area contributed by atoms with Gasteiger partial charge in [-0.05, 0) is 44.5 Å². The predicted octanol–water partition coefficient (Wildman–Crippen LogP) is 4.03. The van der Waals surface area contributed by atoms with Crippen molar-refractivity contribution in [2.45, 2.75) is 57.8 Å². The van der Waals surface area contributed by atoms with Crippen molar-refractivity contribution in [3.05, 3.63) is 47.3 Å². The van der Waals surface area contributed by atoms with E-state index >= 15 is 0 Å². The van der Waals surface area contributed by atoms with Crippen LogP contribution in [0.25, 0.3) is 0 Å². The quantitative estimate of drug-likeness (QED) is 0.761. The van der Waals surface area contributed by atoms with E-state index in [2.05, 4.69) is 0 Å². The molecule has 0 radical (unpaired) electrons. The van der Waals surface area contributed by atoms with Gasteiger partial charge in [-0.25, -0.2) is 0 Å². The summed E-state index contributed by atoms with van der Waals surface area (Å²) in [4.78, 5) is 39.1. The summed E-state index contributed by atoms with van der Waals surface area (Å²) in [6, 6.07) is 7.21. The molecule has 0 aliphatic heterocycles. The molecule has 1 spiro atoms. The lowest BCUT2D eigenvalue weighted by Crippen LogP contribution is -2.54. The van der Waals surface area contributed by atoms with E-state index in [4.69, 9.17) is 8.83 Å². The summed E-state index contributed by atoms with van der Waals surface area (Å²) in [7, 11) is 0. The monoisotopic (exact) mass is 354 g/mol. The lowest BCUT2D eigenvalue weighted by Gasteiger charge is -2.47. The molecule has 2 aromatic rings. The Balaban J connectivity index is 1.93. The van der Waals surface area contributed by atoms with Crippen LogP contribution in [0.4, 0.5) is 0 Å². The molecule has 26 heavy (non-hydrogen) atoms. The fourth-order valence-electron chi connectivity index (χ4n) is 4.79. The molecule has 2 fully saturated rings. The maximum atomic E-state index is 13.3. The molecule has 0 amide bonds. The number of Topliss-reactive ketones (excluding diaryl/α,β-unsaturated/α-hetero) is 3. The number of aryl methyl sites for hydroxylation is 2. The Morgan fingerprint density at radius 1 is 0.808 bits per heavy atom. The first-order valence-corrected chi connectivity index (χ1v) is 9.14. The van der Waals surface area contributed by atoms with Crippen LogP contribution in [0.5, 0.6) is 0 Å². The number of rotatable bonds is 2. The summed E-state index contributed by atoms with van der Waals surface area (Å²) in [5, 5.41) is 0. The summed E-state index contributed by atoms with van der Waals surface area (Å²) in [5.74, 6) is 1.24. The van der Waals surface area contributed by atoms with Gasteiger partial charge in [0.1, 0.15) is 45.8 Å². The first kappa shape index (κ1) is 17.0. The maximum Gasteiger partial charge on any atom is 0.147 e. The number of carbonyl (C=O) groups excluding carboxylic acids is 3. The molecule has 2 heterocycles. The molecule has 0 bridgehead atoms. The summed E-state index contributed by atoms with van der Waals surface area (Å²) >= 11 is 0. The summed E-state index contributed by atoms with van der Waals surface area (Å²) in [6.07, 6.45) is 1.58. The average molecular weight is 354 g/mol. The average Bonchev–Trinajstić information content (AvgIpc) is 3.21. The van der Waals surface area contributed by atoms with Crippen molar-refractivity contribution < 1.29 is 23.2 Å². The molecule has 2 saturated carbocycles. The van der Waals surface area contributed by atoms with Crippen molar-refractivity contribution in [3.8, 4) is 0 Å². The van der Waals surface area contributed by atoms with Crippen molar-refractivity contribution in [2.24, 2.45) is 5.41 Å². The van der Waals surface area contributed by atoms with Gasteiger partial charge in [-0.2, -0.15) is 0 Å². The predicted molar refractivity (Wildman–Crippen MR) is 92.9 cm³/mol. The van der Waals surface area contributed by atoms with Crippen LogP contribution < -0.4 is 0 Å². The van der Waals surface area contributed by atoms with Gasteiger partial charge in [0, 0.05) is 37.5 Å². The fourth-order valence-corrected chi connectivity index (χ4v) is 4.79. The third-order valence-electron chi connectivity index (χ3n) is 5.90. The smallest absolute Gasteiger partial charge is 0.147 e. The Morgan fingerprint density at radius 2 is 1.27 bits per heavy atom. The Bertz CT molecular complexity index is 814. The van der Waals surface area contributed by atoms with Crippen LogP contribution >= 0.6 is 0 Å². The molecule has 5 nitrogen and oxygen atoms in total. The molecule has 2 aliphatic carbocycles. The van der Waals surface area contributed by atoms with Gasteiger partial charge in [0.15, 0.2) is 0 Å². The Morgan fingerprint density at radius 3 is 1.65 bits per heavy atom. The van der Waals surface area contributed by atoms with Gasteiger partial charge >= 0.3 is 0 Å². The zero-order valence-electron chi connectivity index (χ0n) is 15.0. The van der Waals surface area contributed by atoms with Crippen LogP contribution in [0, 0.1) is 19.3 Å². The van der Waals surface area contributed by atoms with Gasteiger partial charge < -0.3 is 8.83 Å². The van der Waals surface area contributed by atoms with E-state index in [1.54, 1.807) is 12.1 Å². The minimum atomic E-state index is -1.26. The first-order valence-electron chi connectivity index (χ1n) is 9.14. The zero-order valence-corrected chi connectivity index (χ0v) is 15.0. The van der Waals surface area contributed by atoms with E-state index < -0.39 is 17.3 Å². The van der Waals surface area contributed by atoms with Crippen molar-refractivity contribution in [1.82, 2.24) is 0 Å². The number of carbonyl (C=O) groups is 3. The van der Waals surface area contributed by atoms with E-state index in [0.29, 0.717) is 42.3 Å². The lowest BCUT2D eigenvalue weighted by molar-refractivity contribution is -0.152. The third-order valence-corrected chi connectivity index (χ3v) is 5.90. The maximum absolute atomic E-state index is 13.3. The highest BCUT2D eigenvalue weighted by atomic mass is 16.3. The fraction of sp³-hybridized carbons (Fsp3) is 0.476. The Kier molecular flexibility index (Phi) is 3.98. The molecular formula is C21H22O5. The van der Waals surface area contributed by atoms with Crippen molar-refractivity contribution in [3.63, 3.8) is 0 Å². The number of hydrogen-bond donors (Lipinski definition) is 0. The second kappa shape index (κ2) is 6.08. The molecule has 0 aromatic carbocycles. The Labute approximate surface area is 151 Å². The van der Waals surface area contributed by atoms with E-state index in [0.717, 1.165) is 0 Å². The van der Waals surface area contributed by atoms with Crippen LogP contribution in [-0.4, -0.2) is 17.3 Å². The topological polar surface area (TPSA) is 77.5 Å². The van der Waals surface area contributed by atoms with Gasteiger partial charge in [-0.3, -0.25) is 14.4 Å². The molecule has 2 aromatic heterocycles. The summed E-state index contributed by atoms with van der Waals surface area (Å²) in [5.41, 5.74) is -1.26. The highest BCUT2D eigenvalue weighted by molar-refractivity contribution is 6.12. The summed E-state index contributed by atoms with van der Waals surface area (Å²) in [6.45, 7) is 3.64. The first-order chi connectivity index (χ1) is 12.4. The van der Waals surface area contributed by atoms with Gasteiger partial charge in [-0.1, -0.05) is 0 Å². The molecule has 5 heteroatoms. The summed E-state index contributed by atoms with van der Waals surface area (Å²) < 4.78 is 11.6. The molecule has 0 N–H and O–H groups in total. The largest absolute Gasteiger partial charge is 0.466 e. The minimum Gasteiger partial charge on any atom is -0.466 e. The standard InChI is InChI=1S/C21H22O5/c1-12-6-8-17(25-12)15-10-14(22)11-16(18-9-7-13(2)26-18)21(15)19(23)4-3-5-20(21)24/h6-9,15-16H,3-5,10-11H2,1-2H3. The second-order valence-corrected chi connectivity index (χ2v) is 7.52. The number of hydrogen-bond acceptors (Lipinski definition) is 5. The number of furan rings is 2. The lowest BCUT2D eigenvalue weighted by atomic mass is 9.51. The van der Waals surface area contributed by atoms with Crippen LogP contribution in [0.3, 0.4) is 0 Å². The molecule has 2 unspecified atom stereocenters. The normalized spacial score (nSPS) is 25.8. The van der Waals surface area contributed by atoms with E-state index in [1.807, 2.05) is 26.0 Å². The van der Waals surface area contributed by atoms with E-state index in [-0.39, 0.29) is 30.2 Å². The van der Waals surface area contributed by atoms with Gasteiger partial charge in [0.2, 0.25) is 0 Å². The molecule has 0 saturated heterocycles. The van der Waals surface area contributed by atoms with E-state index in [1.165, 1.54) is 0 Å². The van der Waals surface area contributed by atoms with Crippen LogP contribution in [-0.2, 0) is 14.4 Å². The SMILES string of the molecule is Cc1ccc(C2CC(=O)CC(c3ccc(C)o3)C23C(=O)CCCC3=O)o1. The van der Waals surface area contributed by atoms with Gasteiger partial charge in [0.05, 0.1) is 0 Å². The van der Waals surface area contributed by atoms with Crippen molar-refractivity contribution in [2.75, 3.05) is 0 Å². The Hall–Kier alpha value is -2.43. The zero-order chi connectivity index (χ0) is 18.5. The van der Waals surface area contributed by atoms with E-state index in [9.17, 15) is 14.4 Å². The van der Waals surface area contributed by atoms with Crippen LogP contribution in [0.2, 0.25) is 0 Å². The highest BCUT2D eigenvalue weighted by Crippen LogP contribution is 2.58. The molecule has 136 valence electrons. The third kappa shape index (κ3) is 2.41. The van der Waals surface area contributed by atoms with Crippen molar-refractivity contribution >= 4 is 17.3 Å². The van der Waals surface area contributed by atoms with Gasteiger partial charge in [-0.15, -0.1) is 0 Å². The minimum absolute atomic E-state index is 0.0277. The van der Waals surface area contributed by atoms with Crippen LogP contribution in [0.15, 0.2) is 33.1 Å². The molecule has 4 rings (SSSR count). The van der Waals surface area contributed by atoms with Crippen LogP contribution in [0.1, 0.15) is 67.0 Å². The number of ketones is 3. The molecule has 2 atom stereocenters. The highest BCUT2D eigenvalue weighted by Gasteiger charge is 2.62. The molecule has 2 aliphatic rings. The second-order valence-electron chi connectivity index (χ2n) is 7.52. The molecular weight excluding hydrogens is 332 g/mol. The van der Waals surface area contributed by atoms with Crippen molar-refractivity contribution in [1.29, 1.82) is 0 Å². The van der Waals surface area contributed by atoms with Gasteiger partial charge in [0.25, 0.3) is 0 Å².